The SMILES string of the molecule is NS(=O)(=O)CC1CC(=O)N(c2cccc(F)c2)C1. The molecule has 1 saturated heterocycles. The normalized spacial score (nSPS) is 20.4. The number of amides is 1. The lowest BCUT2D eigenvalue weighted by atomic mass is 10.1. The molecule has 1 aliphatic rings. The summed E-state index contributed by atoms with van der Waals surface area (Å²) in [5.41, 5.74) is 0.442. The summed E-state index contributed by atoms with van der Waals surface area (Å²) in [5, 5.41) is 4.95. The zero-order chi connectivity index (χ0) is 13.3. The second-order valence-electron chi connectivity index (χ2n) is 4.38. The highest BCUT2D eigenvalue weighted by molar-refractivity contribution is 7.89. The molecular weight excluding hydrogens is 259 g/mol. The maximum Gasteiger partial charge on any atom is 0.227 e. The molecule has 98 valence electrons. The second kappa shape index (κ2) is 4.66. The summed E-state index contributed by atoms with van der Waals surface area (Å²) in [6.07, 6.45) is 0.118. The molecule has 1 amide bonds. The molecule has 0 bridgehead atoms. The topological polar surface area (TPSA) is 80.5 Å². The predicted octanol–water partition coefficient (Wildman–Crippen LogP) is 0.467. The van der Waals surface area contributed by atoms with Gasteiger partial charge in [0.25, 0.3) is 0 Å². The van der Waals surface area contributed by atoms with Gasteiger partial charge in [0.05, 0.1) is 5.75 Å². The Morgan fingerprint density at radius 1 is 1.44 bits per heavy atom. The van der Waals surface area contributed by atoms with Crippen LogP contribution in [0.3, 0.4) is 0 Å². The van der Waals surface area contributed by atoms with Gasteiger partial charge in [-0.1, -0.05) is 6.07 Å². The van der Waals surface area contributed by atoms with Gasteiger partial charge in [-0.05, 0) is 18.2 Å². The molecule has 7 heteroatoms. The lowest BCUT2D eigenvalue weighted by Gasteiger charge is -2.16. The van der Waals surface area contributed by atoms with Crippen LogP contribution in [0.15, 0.2) is 24.3 Å². The molecule has 1 aromatic carbocycles. The highest BCUT2D eigenvalue weighted by atomic mass is 32.2. The Bertz CT molecular complexity index is 573. The molecule has 18 heavy (non-hydrogen) atoms. The van der Waals surface area contributed by atoms with Crippen LogP contribution < -0.4 is 10.0 Å². The van der Waals surface area contributed by atoms with E-state index in [4.69, 9.17) is 5.14 Å². The van der Waals surface area contributed by atoms with Gasteiger partial charge in [-0.25, -0.2) is 17.9 Å². The monoisotopic (exact) mass is 272 g/mol. The van der Waals surface area contributed by atoms with E-state index in [1.807, 2.05) is 0 Å². The van der Waals surface area contributed by atoms with Gasteiger partial charge in [0, 0.05) is 24.6 Å². The van der Waals surface area contributed by atoms with Crippen molar-refractivity contribution in [2.45, 2.75) is 6.42 Å². The Morgan fingerprint density at radius 2 is 2.17 bits per heavy atom. The lowest BCUT2D eigenvalue weighted by Crippen LogP contribution is -2.27. The number of anilines is 1. The van der Waals surface area contributed by atoms with Crippen molar-refractivity contribution >= 4 is 21.6 Å². The number of nitrogens with zero attached hydrogens (tertiary/aromatic N) is 1. The largest absolute Gasteiger partial charge is 0.312 e. The fourth-order valence-electron chi connectivity index (χ4n) is 2.12. The Balaban J connectivity index is 2.15. The van der Waals surface area contributed by atoms with Gasteiger partial charge in [0.1, 0.15) is 5.82 Å². The van der Waals surface area contributed by atoms with Gasteiger partial charge in [0.15, 0.2) is 0 Å². The number of nitrogens with two attached hydrogens (primary N) is 1. The number of primary sulfonamides is 1. The average molecular weight is 272 g/mol. The molecule has 1 aliphatic heterocycles. The molecule has 1 atom stereocenters. The van der Waals surface area contributed by atoms with Crippen molar-refractivity contribution in [1.29, 1.82) is 0 Å². The van der Waals surface area contributed by atoms with Gasteiger partial charge in [-0.3, -0.25) is 4.79 Å². The summed E-state index contributed by atoms with van der Waals surface area (Å²) in [7, 11) is -3.60. The molecule has 0 aliphatic carbocycles. The first-order valence-electron chi connectivity index (χ1n) is 5.41. The molecular formula is C11H13FN2O3S. The van der Waals surface area contributed by atoms with Crippen molar-refractivity contribution < 1.29 is 17.6 Å². The predicted molar refractivity (Wildman–Crippen MR) is 64.8 cm³/mol. The van der Waals surface area contributed by atoms with Gasteiger partial charge in [-0.15, -0.1) is 0 Å². The maximum absolute atomic E-state index is 13.1. The molecule has 2 N–H and O–H groups in total. The number of carbonyl (C=O) groups excluding carboxylic acids is 1. The fourth-order valence-corrected chi connectivity index (χ4v) is 3.00. The summed E-state index contributed by atoms with van der Waals surface area (Å²) in [4.78, 5) is 13.1. The van der Waals surface area contributed by atoms with Crippen molar-refractivity contribution in [3.63, 3.8) is 0 Å². The van der Waals surface area contributed by atoms with Crippen LogP contribution in [0.25, 0.3) is 0 Å². The van der Waals surface area contributed by atoms with Crippen LogP contribution in [-0.4, -0.2) is 26.6 Å². The van der Waals surface area contributed by atoms with Gasteiger partial charge < -0.3 is 4.90 Å². The van der Waals surface area contributed by atoms with E-state index in [2.05, 4.69) is 0 Å². The Hall–Kier alpha value is -1.47. The van der Waals surface area contributed by atoms with Crippen molar-refractivity contribution in [1.82, 2.24) is 0 Å². The zero-order valence-corrected chi connectivity index (χ0v) is 10.4. The first-order valence-corrected chi connectivity index (χ1v) is 7.13. The Morgan fingerprint density at radius 3 is 2.78 bits per heavy atom. The van der Waals surface area contributed by atoms with E-state index in [0.717, 1.165) is 0 Å². The van der Waals surface area contributed by atoms with Crippen molar-refractivity contribution in [3.8, 4) is 0 Å². The van der Waals surface area contributed by atoms with E-state index in [1.54, 1.807) is 6.07 Å². The highest BCUT2D eigenvalue weighted by Gasteiger charge is 2.32. The lowest BCUT2D eigenvalue weighted by molar-refractivity contribution is -0.117. The van der Waals surface area contributed by atoms with Crippen LogP contribution in [0.1, 0.15) is 6.42 Å². The number of rotatable bonds is 3. The van der Waals surface area contributed by atoms with Crippen LogP contribution in [-0.2, 0) is 14.8 Å². The van der Waals surface area contributed by atoms with E-state index >= 15 is 0 Å². The molecule has 0 spiro atoms. The van der Waals surface area contributed by atoms with Crippen LogP contribution >= 0.6 is 0 Å². The zero-order valence-electron chi connectivity index (χ0n) is 9.54. The molecule has 0 radical (unpaired) electrons. The maximum atomic E-state index is 13.1. The van der Waals surface area contributed by atoms with Crippen LogP contribution in [0.5, 0.6) is 0 Å². The summed E-state index contributed by atoms with van der Waals surface area (Å²) >= 11 is 0. The van der Waals surface area contributed by atoms with Crippen LogP contribution in [0.4, 0.5) is 10.1 Å². The molecule has 1 unspecified atom stereocenters. The van der Waals surface area contributed by atoms with Crippen LogP contribution in [0.2, 0.25) is 0 Å². The van der Waals surface area contributed by atoms with E-state index in [-0.39, 0.29) is 30.5 Å². The van der Waals surface area contributed by atoms with E-state index in [1.165, 1.54) is 23.1 Å². The van der Waals surface area contributed by atoms with Gasteiger partial charge in [-0.2, -0.15) is 0 Å². The number of carbonyl (C=O) groups is 1. The minimum atomic E-state index is -3.60. The van der Waals surface area contributed by atoms with E-state index in [0.29, 0.717) is 5.69 Å². The second-order valence-corrected chi connectivity index (χ2v) is 6.04. The third-order valence-corrected chi connectivity index (χ3v) is 3.73. The summed E-state index contributed by atoms with van der Waals surface area (Å²) in [6, 6.07) is 5.65. The van der Waals surface area contributed by atoms with Gasteiger partial charge >= 0.3 is 0 Å². The standard InChI is InChI=1S/C11H13FN2O3S/c12-9-2-1-3-10(5-9)14-6-8(4-11(14)15)7-18(13,16)17/h1-3,5,8H,4,6-7H2,(H2,13,16,17). The molecule has 5 nitrogen and oxygen atoms in total. The number of halogens is 1. The highest BCUT2D eigenvalue weighted by Crippen LogP contribution is 2.25. The van der Waals surface area contributed by atoms with E-state index in [9.17, 15) is 17.6 Å². The number of benzene rings is 1. The number of hydrogen-bond donors (Lipinski definition) is 1. The average Bonchev–Trinajstić information content (AvgIpc) is 2.56. The van der Waals surface area contributed by atoms with E-state index < -0.39 is 15.8 Å². The fraction of sp³-hybridized carbons (Fsp3) is 0.364. The smallest absolute Gasteiger partial charge is 0.227 e. The molecule has 1 heterocycles. The molecule has 0 aromatic heterocycles. The summed E-state index contributed by atoms with van der Waals surface area (Å²) in [5.74, 6) is -1.22. The third kappa shape index (κ3) is 3.05. The van der Waals surface area contributed by atoms with Crippen molar-refractivity contribution in [3.05, 3.63) is 30.1 Å². The van der Waals surface area contributed by atoms with Crippen molar-refractivity contribution in [2.24, 2.45) is 11.1 Å². The molecule has 1 fully saturated rings. The number of hydrogen-bond acceptors (Lipinski definition) is 3. The molecule has 2 rings (SSSR count). The van der Waals surface area contributed by atoms with Crippen LogP contribution in [0, 0.1) is 11.7 Å². The minimum absolute atomic E-state index is 0.118. The quantitative estimate of drug-likeness (QED) is 0.868. The molecule has 0 saturated carbocycles. The molecule has 1 aromatic rings. The van der Waals surface area contributed by atoms with Gasteiger partial charge in [0.2, 0.25) is 15.9 Å². The van der Waals surface area contributed by atoms with Crippen molar-refractivity contribution in [2.75, 3.05) is 17.2 Å². The first kappa shape index (κ1) is 13.0. The number of sulfonamides is 1. The third-order valence-electron chi connectivity index (χ3n) is 2.79. The Kier molecular flexibility index (Phi) is 3.36. The summed E-state index contributed by atoms with van der Waals surface area (Å²) in [6.45, 7) is 0.249. The Labute approximate surface area is 104 Å². The first-order chi connectivity index (χ1) is 8.35. The summed E-state index contributed by atoms with van der Waals surface area (Å²) < 4.78 is 35.0. The minimum Gasteiger partial charge on any atom is -0.312 e.